The standard InChI is InChI=1S/C14H13BrN4O4/c15-8-1-2-11-10(5-8)13(12(6-16-11)19(22)23)17-9-3-4-18(7-9)14(20)21/h1-2,5-6,9H,3-4,7H2,(H,16,17)(H,20,21)/t9-/m1/s1. The lowest BCUT2D eigenvalue weighted by atomic mass is 10.1. The van der Waals surface area contributed by atoms with Gasteiger partial charge in [-0.2, -0.15) is 0 Å². The van der Waals surface area contributed by atoms with Crippen molar-refractivity contribution >= 4 is 44.3 Å². The predicted molar refractivity (Wildman–Crippen MR) is 87.7 cm³/mol. The minimum Gasteiger partial charge on any atom is -0.465 e. The van der Waals surface area contributed by atoms with E-state index < -0.39 is 11.0 Å². The lowest BCUT2D eigenvalue weighted by molar-refractivity contribution is -0.384. The van der Waals surface area contributed by atoms with Crippen molar-refractivity contribution in [3.8, 4) is 0 Å². The quantitative estimate of drug-likeness (QED) is 0.625. The van der Waals surface area contributed by atoms with Gasteiger partial charge in [0.2, 0.25) is 0 Å². The van der Waals surface area contributed by atoms with Gasteiger partial charge in [-0.25, -0.2) is 9.78 Å². The number of carboxylic acid groups (broad SMARTS) is 1. The third kappa shape index (κ3) is 3.04. The third-order valence-electron chi connectivity index (χ3n) is 3.81. The Labute approximate surface area is 139 Å². The van der Waals surface area contributed by atoms with Gasteiger partial charge in [0.15, 0.2) is 0 Å². The van der Waals surface area contributed by atoms with Crippen molar-refractivity contribution in [1.82, 2.24) is 9.88 Å². The van der Waals surface area contributed by atoms with E-state index in [2.05, 4.69) is 26.2 Å². The second kappa shape index (κ2) is 5.99. The maximum atomic E-state index is 11.3. The zero-order chi connectivity index (χ0) is 16.6. The van der Waals surface area contributed by atoms with Gasteiger partial charge in [-0.15, -0.1) is 0 Å². The number of fused-ring (bicyclic) bond motifs is 1. The zero-order valence-corrected chi connectivity index (χ0v) is 13.5. The molecule has 0 spiro atoms. The van der Waals surface area contributed by atoms with Crippen LogP contribution < -0.4 is 5.32 Å². The van der Waals surface area contributed by atoms with Crippen LogP contribution in [0.4, 0.5) is 16.2 Å². The summed E-state index contributed by atoms with van der Waals surface area (Å²) < 4.78 is 0.786. The number of nitro groups is 1. The number of nitrogens with one attached hydrogen (secondary N) is 1. The summed E-state index contributed by atoms with van der Waals surface area (Å²) >= 11 is 3.36. The molecular formula is C14H13BrN4O4. The van der Waals surface area contributed by atoms with Gasteiger partial charge in [0.05, 0.1) is 10.4 Å². The van der Waals surface area contributed by atoms with Crippen LogP contribution in [-0.2, 0) is 0 Å². The van der Waals surface area contributed by atoms with E-state index in [1.807, 2.05) is 6.07 Å². The summed E-state index contributed by atoms with van der Waals surface area (Å²) in [4.78, 5) is 27.2. The van der Waals surface area contributed by atoms with E-state index in [0.717, 1.165) is 4.47 Å². The average molecular weight is 381 g/mol. The molecule has 8 nitrogen and oxygen atoms in total. The molecule has 0 unspecified atom stereocenters. The summed E-state index contributed by atoms with van der Waals surface area (Å²) in [6.07, 6.45) is 0.843. The molecule has 1 saturated heterocycles. The lowest BCUT2D eigenvalue weighted by Crippen LogP contribution is -2.30. The fourth-order valence-electron chi connectivity index (χ4n) is 2.70. The van der Waals surface area contributed by atoms with Crippen LogP contribution in [0.3, 0.4) is 0 Å². The molecular weight excluding hydrogens is 368 g/mol. The molecule has 23 heavy (non-hydrogen) atoms. The van der Waals surface area contributed by atoms with Crippen LogP contribution >= 0.6 is 15.9 Å². The van der Waals surface area contributed by atoms with Crippen molar-refractivity contribution in [2.45, 2.75) is 12.5 Å². The number of nitrogens with zero attached hydrogens (tertiary/aromatic N) is 3. The lowest BCUT2D eigenvalue weighted by Gasteiger charge is -2.16. The second-order valence-electron chi connectivity index (χ2n) is 5.30. The number of aromatic nitrogens is 1. The van der Waals surface area contributed by atoms with Gasteiger partial charge in [-0.05, 0) is 24.6 Å². The first-order valence-electron chi connectivity index (χ1n) is 6.93. The number of halogens is 1. The van der Waals surface area contributed by atoms with Gasteiger partial charge in [0.1, 0.15) is 11.9 Å². The predicted octanol–water partition coefficient (Wildman–Crippen LogP) is 3.07. The Morgan fingerprint density at radius 2 is 2.30 bits per heavy atom. The van der Waals surface area contributed by atoms with Crippen LogP contribution in [0.15, 0.2) is 28.9 Å². The molecule has 120 valence electrons. The first kappa shape index (κ1) is 15.5. The number of hydrogen-bond acceptors (Lipinski definition) is 5. The fraction of sp³-hybridized carbons (Fsp3) is 0.286. The third-order valence-corrected chi connectivity index (χ3v) is 4.31. The van der Waals surface area contributed by atoms with E-state index in [0.29, 0.717) is 36.1 Å². The molecule has 3 rings (SSSR count). The molecule has 2 N–H and O–H groups in total. The molecule has 1 aromatic heterocycles. The Kier molecular flexibility index (Phi) is 4.03. The molecule has 1 fully saturated rings. The molecule has 1 atom stereocenters. The van der Waals surface area contributed by atoms with Crippen LogP contribution in [0.1, 0.15) is 6.42 Å². The minimum absolute atomic E-state index is 0.121. The Balaban J connectivity index is 2.01. The van der Waals surface area contributed by atoms with Crippen LogP contribution in [0.25, 0.3) is 10.9 Å². The van der Waals surface area contributed by atoms with E-state index >= 15 is 0 Å². The van der Waals surface area contributed by atoms with Crippen molar-refractivity contribution in [1.29, 1.82) is 0 Å². The van der Waals surface area contributed by atoms with E-state index in [9.17, 15) is 14.9 Å². The molecule has 2 heterocycles. The minimum atomic E-state index is -0.980. The Hall–Kier alpha value is -2.42. The largest absolute Gasteiger partial charge is 0.465 e. The number of carbonyl (C=O) groups is 1. The summed E-state index contributed by atoms with van der Waals surface area (Å²) in [6.45, 7) is 0.706. The maximum absolute atomic E-state index is 11.3. The van der Waals surface area contributed by atoms with Crippen LogP contribution in [-0.4, -0.2) is 45.1 Å². The topological polar surface area (TPSA) is 109 Å². The molecule has 1 aliphatic heterocycles. The molecule has 0 saturated carbocycles. The highest BCUT2D eigenvalue weighted by Crippen LogP contribution is 2.34. The van der Waals surface area contributed by atoms with Crippen LogP contribution in [0.5, 0.6) is 0 Å². The number of rotatable bonds is 3. The van der Waals surface area contributed by atoms with Crippen LogP contribution in [0.2, 0.25) is 0 Å². The summed E-state index contributed by atoms with van der Waals surface area (Å²) in [5.41, 5.74) is 0.886. The average Bonchev–Trinajstić information content (AvgIpc) is 2.96. The molecule has 0 radical (unpaired) electrons. The van der Waals surface area contributed by atoms with Crippen molar-refractivity contribution in [2.75, 3.05) is 18.4 Å². The fourth-order valence-corrected chi connectivity index (χ4v) is 3.06. The first-order chi connectivity index (χ1) is 11.0. The highest BCUT2D eigenvalue weighted by Gasteiger charge is 2.28. The van der Waals surface area contributed by atoms with Gasteiger partial charge in [0, 0.05) is 29.0 Å². The second-order valence-corrected chi connectivity index (χ2v) is 6.21. The van der Waals surface area contributed by atoms with Gasteiger partial charge in [-0.1, -0.05) is 15.9 Å². The van der Waals surface area contributed by atoms with Gasteiger partial charge >= 0.3 is 11.8 Å². The molecule has 2 aromatic rings. The number of likely N-dealkylation sites (tertiary alicyclic amines) is 1. The Bertz CT molecular complexity index is 798. The van der Waals surface area contributed by atoms with Gasteiger partial charge in [0.25, 0.3) is 0 Å². The van der Waals surface area contributed by atoms with E-state index in [-0.39, 0.29) is 11.7 Å². The van der Waals surface area contributed by atoms with Gasteiger partial charge < -0.3 is 15.3 Å². The number of amides is 1. The number of pyridine rings is 1. The highest BCUT2D eigenvalue weighted by molar-refractivity contribution is 9.10. The number of benzene rings is 1. The molecule has 1 aliphatic rings. The molecule has 1 aromatic carbocycles. The summed E-state index contributed by atoms with van der Waals surface area (Å²) in [5, 5.41) is 24.1. The van der Waals surface area contributed by atoms with E-state index in [4.69, 9.17) is 5.11 Å². The number of anilines is 1. The molecule has 0 aliphatic carbocycles. The maximum Gasteiger partial charge on any atom is 0.407 e. The van der Waals surface area contributed by atoms with Crippen molar-refractivity contribution < 1.29 is 14.8 Å². The zero-order valence-electron chi connectivity index (χ0n) is 11.9. The van der Waals surface area contributed by atoms with Crippen molar-refractivity contribution in [3.05, 3.63) is 39.0 Å². The summed E-state index contributed by atoms with van der Waals surface area (Å²) in [6, 6.07) is 5.18. The van der Waals surface area contributed by atoms with E-state index in [1.165, 1.54) is 11.1 Å². The normalized spacial score (nSPS) is 17.4. The SMILES string of the molecule is O=C(O)N1CC[C@@H](Nc2c([N+](=O)[O-])cnc3ccc(Br)cc23)C1. The molecule has 9 heteroatoms. The molecule has 1 amide bonds. The van der Waals surface area contributed by atoms with Gasteiger partial charge in [-0.3, -0.25) is 10.1 Å². The smallest absolute Gasteiger partial charge is 0.407 e. The van der Waals surface area contributed by atoms with Crippen molar-refractivity contribution in [2.24, 2.45) is 0 Å². The van der Waals surface area contributed by atoms with Crippen molar-refractivity contribution in [3.63, 3.8) is 0 Å². The van der Waals surface area contributed by atoms with E-state index in [1.54, 1.807) is 12.1 Å². The molecule has 0 bridgehead atoms. The summed E-state index contributed by atoms with van der Waals surface area (Å²) in [5.74, 6) is 0. The highest BCUT2D eigenvalue weighted by atomic mass is 79.9. The number of hydrogen-bond donors (Lipinski definition) is 2. The Morgan fingerprint density at radius 1 is 1.52 bits per heavy atom. The Morgan fingerprint density at radius 3 is 2.96 bits per heavy atom. The summed E-state index contributed by atoms with van der Waals surface area (Å²) in [7, 11) is 0. The van der Waals surface area contributed by atoms with Crippen LogP contribution in [0, 0.1) is 10.1 Å². The first-order valence-corrected chi connectivity index (χ1v) is 7.72. The monoisotopic (exact) mass is 380 g/mol.